The fraction of sp³-hybridized carbons (Fsp3) is 0.741. The van der Waals surface area contributed by atoms with E-state index < -0.39 is 18.3 Å². The summed E-state index contributed by atoms with van der Waals surface area (Å²) in [7, 11) is 0. The van der Waals surface area contributed by atoms with Crippen molar-refractivity contribution in [2.75, 3.05) is 0 Å². The monoisotopic (exact) mass is 430 g/mol. The number of rotatable bonds is 6. The number of aliphatic hydroxyl groups is 3. The maximum Gasteiger partial charge on any atom is 0.163 e. The number of allylic oxidation sites excluding steroid dienone is 3. The minimum atomic E-state index is -0.851. The van der Waals surface area contributed by atoms with Crippen molar-refractivity contribution >= 4 is 5.78 Å². The molecule has 3 N–H and O–H groups in total. The van der Waals surface area contributed by atoms with Gasteiger partial charge in [0.1, 0.15) is 6.10 Å². The lowest BCUT2D eigenvalue weighted by atomic mass is 9.60. The van der Waals surface area contributed by atoms with E-state index in [1.807, 2.05) is 13.8 Å². The van der Waals surface area contributed by atoms with Crippen LogP contribution in [0.25, 0.3) is 0 Å². The van der Waals surface area contributed by atoms with Gasteiger partial charge in [-0.2, -0.15) is 0 Å². The predicted octanol–water partition coefficient (Wildman–Crippen LogP) is 4.74. The van der Waals surface area contributed by atoms with Crippen molar-refractivity contribution < 1.29 is 20.1 Å². The molecule has 0 aromatic rings. The van der Waals surface area contributed by atoms with Gasteiger partial charge in [-0.3, -0.25) is 4.79 Å². The van der Waals surface area contributed by atoms with E-state index in [2.05, 4.69) is 32.6 Å². The number of aliphatic hydroxyl groups excluding tert-OH is 3. The zero-order valence-electron chi connectivity index (χ0n) is 19.8. The molecule has 3 rings (SSSR count). The maximum atomic E-state index is 12.2. The van der Waals surface area contributed by atoms with Gasteiger partial charge in [0, 0.05) is 12.3 Å². The fourth-order valence-corrected chi connectivity index (χ4v) is 6.70. The summed E-state index contributed by atoms with van der Waals surface area (Å²) in [5.41, 5.74) is 3.37. The van der Waals surface area contributed by atoms with E-state index in [4.69, 9.17) is 0 Å². The maximum absolute atomic E-state index is 12.2. The van der Waals surface area contributed by atoms with Crippen molar-refractivity contribution in [3.63, 3.8) is 0 Å². The molecule has 0 saturated heterocycles. The van der Waals surface area contributed by atoms with E-state index >= 15 is 0 Å². The molecule has 0 radical (unpaired) electrons. The first kappa shape index (κ1) is 24.4. The number of fused-ring (bicyclic) bond motifs is 1. The van der Waals surface area contributed by atoms with Crippen LogP contribution in [0.15, 0.2) is 35.5 Å². The van der Waals surface area contributed by atoms with Crippen molar-refractivity contribution in [2.24, 2.45) is 29.1 Å². The van der Waals surface area contributed by atoms with Gasteiger partial charge >= 0.3 is 0 Å². The summed E-state index contributed by atoms with van der Waals surface area (Å²) in [6.45, 7) is 12.4. The van der Waals surface area contributed by atoms with Gasteiger partial charge in [0.2, 0.25) is 0 Å². The molecule has 4 nitrogen and oxygen atoms in total. The number of ketones is 1. The molecule has 0 bridgehead atoms. The molecule has 3 fully saturated rings. The number of hydrogen-bond donors (Lipinski definition) is 3. The fourth-order valence-electron chi connectivity index (χ4n) is 6.70. The second-order valence-electron chi connectivity index (χ2n) is 10.9. The molecule has 0 spiro atoms. The normalized spacial score (nSPS) is 38.5. The summed E-state index contributed by atoms with van der Waals surface area (Å²) in [6.07, 6.45) is 9.54. The number of hydrogen-bond acceptors (Lipinski definition) is 4. The SMILES string of the molecule is C=C1/C(=C\C=C2/CCC[C@]3(C)[C@@H]([C@H](C)CC(O)C(=O)C(C)C)CC[C@@H]23)C[C@@H](O)C[C@@H]1O. The third-order valence-corrected chi connectivity index (χ3v) is 8.48. The van der Waals surface area contributed by atoms with Crippen molar-refractivity contribution in [3.05, 3.63) is 35.5 Å². The van der Waals surface area contributed by atoms with E-state index in [9.17, 15) is 20.1 Å². The molecular weight excluding hydrogens is 388 g/mol. The van der Waals surface area contributed by atoms with E-state index in [0.29, 0.717) is 37.0 Å². The Hall–Kier alpha value is -1.23. The topological polar surface area (TPSA) is 77.8 Å². The van der Waals surface area contributed by atoms with Crippen LogP contribution in [0, 0.1) is 29.1 Å². The lowest BCUT2D eigenvalue weighted by molar-refractivity contribution is -0.131. The molecule has 3 aliphatic rings. The highest BCUT2D eigenvalue weighted by molar-refractivity contribution is 5.84. The van der Waals surface area contributed by atoms with E-state index in [1.54, 1.807) is 0 Å². The molecule has 0 amide bonds. The lowest BCUT2D eigenvalue weighted by Crippen LogP contribution is -2.38. The van der Waals surface area contributed by atoms with E-state index in [0.717, 1.165) is 36.8 Å². The second kappa shape index (κ2) is 9.72. The highest BCUT2D eigenvalue weighted by Crippen LogP contribution is 2.59. The van der Waals surface area contributed by atoms with Crippen molar-refractivity contribution in [1.82, 2.24) is 0 Å². The summed E-state index contributed by atoms with van der Waals surface area (Å²) in [6, 6.07) is 0. The van der Waals surface area contributed by atoms with Gasteiger partial charge in [0.05, 0.1) is 12.2 Å². The largest absolute Gasteiger partial charge is 0.393 e. The summed E-state index contributed by atoms with van der Waals surface area (Å²) in [4.78, 5) is 12.2. The second-order valence-corrected chi connectivity index (χ2v) is 10.9. The molecule has 1 unspecified atom stereocenters. The average Bonchev–Trinajstić information content (AvgIpc) is 3.06. The molecule has 0 aliphatic heterocycles. The Labute approximate surface area is 188 Å². The van der Waals surface area contributed by atoms with Gasteiger partial charge in [0.15, 0.2) is 5.78 Å². The molecular formula is C27H42O4. The van der Waals surface area contributed by atoms with Gasteiger partial charge in [0.25, 0.3) is 0 Å². The lowest BCUT2D eigenvalue weighted by Gasteiger charge is -2.44. The average molecular weight is 431 g/mol. The van der Waals surface area contributed by atoms with Crippen LogP contribution in [0.4, 0.5) is 0 Å². The molecule has 31 heavy (non-hydrogen) atoms. The molecule has 4 heteroatoms. The summed E-state index contributed by atoms with van der Waals surface area (Å²) in [5.74, 6) is 1.18. The molecule has 0 aromatic heterocycles. The van der Waals surface area contributed by atoms with Crippen LogP contribution < -0.4 is 0 Å². The predicted molar refractivity (Wildman–Crippen MR) is 124 cm³/mol. The smallest absolute Gasteiger partial charge is 0.163 e. The van der Waals surface area contributed by atoms with Gasteiger partial charge < -0.3 is 15.3 Å². The molecule has 174 valence electrons. The van der Waals surface area contributed by atoms with Crippen LogP contribution in [0.3, 0.4) is 0 Å². The first-order valence-corrected chi connectivity index (χ1v) is 12.2. The highest BCUT2D eigenvalue weighted by atomic mass is 16.3. The number of carbonyl (C=O) groups is 1. The van der Waals surface area contributed by atoms with Crippen LogP contribution in [0.2, 0.25) is 0 Å². The zero-order chi connectivity index (χ0) is 22.9. The molecule has 0 heterocycles. The standard InChI is InChI=1S/C27H42O4/c1-16(2)26(31)25(30)13-17(3)22-10-11-23-19(7-6-12-27(22,23)5)8-9-20-14-21(28)15-24(29)18(20)4/h8-9,16-17,21-25,28-30H,4,6-7,10-15H2,1-3,5H3/b19-8+,20-9-/t17-,21-,22-,23+,24+,25?,27-/m1/s1. The first-order chi connectivity index (χ1) is 14.5. The Kier molecular flexibility index (Phi) is 7.66. The summed E-state index contributed by atoms with van der Waals surface area (Å²) < 4.78 is 0. The molecule has 3 saturated carbocycles. The highest BCUT2D eigenvalue weighted by Gasteiger charge is 2.50. The Morgan fingerprint density at radius 2 is 1.94 bits per heavy atom. The van der Waals surface area contributed by atoms with Gasteiger partial charge in [-0.1, -0.05) is 52.0 Å². The number of Topliss-reactive ketones (excluding diaryl/α,β-unsaturated/α-hetero) is 1. The van der Waals surface area contributed by atoms with Crippen LogP contribution in [0.5, 0.6) is 0 Å². The first-order valence-electron chi connectivity index (χ1n) is 12.2. The minimum Gasteiger partial charge on any atom is -0.393 e. The molecule has 0 aromatic carbocycles. The van der Waals surface area contributed by atoms with Crippen LogP contribution in [-0.2, 0) is 4.79 Å². The third-order valence-electron chi connectivity index (χ3n) is 8.48. The Balaban J connectivity index is 1.75. The Bertz CT molecular complexity index is 748. The van der Waals surface area contributed by atoms with Gasteiger partial charge in [-0.25, -0.2) is 0 Å². The Morgan fingerprint density at radius 3 is 2.61 bits per heavy atom. The number of carbonyl (C=O) groups excluding carboxylic acids is 1. The molecule has 3 aliphatic carbocycles. The van der Waals surface area contributed by atoms with Crippen molar-refractivity contribution in [1.29, 1.82) is 0 Å². The minimum absolute atomic E-state index is 0.0421. The van der Waals surface area contributed by atoms with Crippen LogP contribution in [0.1, 0.15) is 79.1 Å². The van der Waals surface area contributed by atoms with Crippen LogP contribution >= 0.6 is 0 Å². The van der Waals surface area contributed by atoms with Crippen molar-refractivity contribution in [3.8, 4) is 0 Å². The summed E-state index contributed by atoms with van der Waals surface area (Å²) in [5, 5.41) is 30.6. The molecule has 7 atom stereocenters. The van der Waals surface area contributed by atoms with Crippen molar-refractivity contribution in [2.45, 2.75) is 97.4 Å². The summed E-state index contributed by atoms with van der Waals surface area (Å²) >= 11 is 0. The van der Waals surface area contributed by atoms with E-state index in [-0.39, 0.29) is 17.1 Å². The van der Waals surface area contributed by atoms with E-state index in [1.165, 1.54) is 12.0 Å². The van der Waals surface area contributed by atoms with Crippen LogP contribution in [-0.4, -0.2) is 39.4 Å². The zero-order valence-corrected chi connectivity index (χ0v) is 19.8. The Morgan fingerprint density at radius 1 is 1.23 bits per heavy atom. The quantitative estimate of drug-likeness (QED) is 0.569. The van der Waals surface area contributed by atoms with Gasteiger partial charge in [-0.15, -0.1) is 0 Å². The third kappa shape index (κ3) is 5.07. The van der Waals surface area contributed by atoms with Gasteiger partial charge in [-0.05, 0) is 79.3 Å².